The van der Waals surface area contributed by atoms with Crippen LogP contribution in [0.2, 0.25) is 0 Å². The fraction of sp³-hybridized carbons (Fsp3) is 0.750. The maximum atomic E-state index is 12.2. The molecule has 1 aliphatic carbocycles. The van der Waals surface area contributed by atoms with Gasteiger partial charge in [-0.3, -0.25) is 4.79 Å². The van der Waals surface area contributed by atoms with Crippen LogP contribution in [0.25, 0.3) is 0 Å². The van der Waals surface area contributed by atoms with E-state index in [0.29, 0.717) is 11.6 Å². The number of nitrogens with one attached hydrogen (secondary N) is 1. The van der Waals surface area contributed by atoms with Gasteiger partial charge in [-0.1, -0.05) is 45.4 Å². The minimum absolute atomic E-state index is 0.140. The van der Waals surface area contributed by atoms with Crippen LogP contribution < -0.4 is 11.1 Å². The molecule has 1 saturated carbocycles. The van der Waals surface area contributed by atoms with E-state index in [9.17, 15) is 4.79 Å². The summed E-state index contributed by atoms with van der Waals surface area (Å²) in [5.41, 5.74) is 6.30. The first-order valence-corrected chi connectivity index (χ1v) is 8.22. The van der Waals surface area contributed by atoms with Crippen LogP contribution in [-0.4, -0.2) is 16.9 Å². The number of hydrogen-bond acceptors (Lipinski definition) is 4. The third kappa shape index (κ3) is 4.84. The summed E-state index contributed by atoms with van der Waals surface area (Å²) < 4.78 is 5.34. The second kappa shape index (κ2) is 8.17. The lowest BCUT2D eigenvalue weighted by atomic mass is 9.97. The molecule has 1 aromatic heterocycles. The number of amides is 1. The molecule has 0 bridgehead atoms. The highest BCUT2D eigenvalue weighted by atomic mass is 16.3. The van der Waals surface area contributed by atoms with E-state index in [1.54, 1.807) is 0 Å². The van der Waals surface area contributed by atoms with E-state index in [1.165, 1.54) is 38.4 Å². The van der Waals surface area contributed by atoms with Crippen LogP contribution in [0.3, 0.4) is 0 Å². The summed E-state index contributed by atoms with van der Waals surface area (Å²) in [6.07, 6.45) is 11.6. The van der Waals surface area contributed by atoms with Crippen LogP contribution in [0.1, 0.15) is 87.1 Å². The van der Waals surface area contributed by atoms with Crippen LogP contribution >= 0.6 is 0 Å². The monoisotopic (exact) mass is 293 g/mol. The molecular formula is C16H27N3O2. The van der Waals surface area contributed by atoms with Crippen LogP contribution in [0.4, 0.5) is 0 Å². The van der Waals surface area contributed by atoms with Gasteiger partial charge in [-0.15, -0.1) is 0 Å². The first kappa shape index (κ1) is 16.0. The van der Waals surface area contributed by atoms with Crippen molar-refractivity contribution in [3.8, 4) is 0 Å². The van der Waals surface area contributed by atoms with Gasteiger partial charge in [-0.05, 0) is 19.3 Å². The van der Waals surface area contributed by atoms with Gasteiger partial charge < -0.3 is 15.5 Å². The zero-order chi connectivity index (χ0) is 15.1. The van der Waals surface area contributed by atoms with Gasteiger partial charge in [0.15, 0.2) is 5.69 Å². The molecule has 1 atom stereocenters. The third-order valence-corrected chi connectivity index (χ3v) is 4.11. The zero-order valence-electron chi connectivity index (χ0n) is 12.9. The summed E-state index contributed by atoms with van der Waals surface area (Å²) in [4.78, 5) is 16.5. The van der Waals surface area contributed by atoms with E-state index in [0.717, 1.165) is 25.7 Å². The second-order valence-corrected chi connectivity index (χ2v) is 5.98. The molecule has 1 heterocycles. The average molecular weight is 293 g/mol. The molecule has 1 aliphatic rings. The summed E-state index contributed by atoms with van der Waals surface area (Å²) in [5, 5.41) is 3.08. The summed E-state index contributed by atoms with van der Waals surface area (Å²) in [6, 6.07) is 0.0419. The number of carbonyl (C=O) groups is 1. The second-order valence-electron chi connectivity index (χ2n) is 5.98. The predicted octanol–water partition coefficient (Wildman–Crippen LogP) is 3.32. The van der Waals surface area contributed by atoms with E-state index in [-0.39, 0.29) is 18.0 Å². The van der Waals surface area contributed by atoms with Gasteiger partial charge in [0.25, 0.3) is 5.91 Å². The first-order chi connectivity index (χ1) is 10.2. The molecule has 3 N–H and O–H groups in total. The standard InChI is InChI=1S/C16H27N3O2/c1-2-8-13(17)16-19-14(11-21-16)15(20)18-12-9-6-4-3-5-7-10-12/h11-13H,2-10,17H2,1H3,(H,18,20). The molecule has 0 saturated heterocycles. The fourth-order valence-electron chi connectivity index (χ4n) is 2.86. The van der Waals surface area contributed by atoms with Gasteiger partial charge in [-0.25, -0.2) is 4.98 Å². The Morgan fingerprint density at radius 1 is 1.38 bits per heavy atom. The summed E-state index contributed by atoms with van der Waals surface area (Å²) >= 11 is 0. The lowest BCUT2D eigenvalue weighted by Gasteiger charge is -2.20. The molecule has 1 unspecified atom stereocenters. The SMILES string of the molecule is CCCC(N)c1nc(C(=O)NC2CCCCCCC2)co1. The molecular weight excluding hydrogens is 266 g/mol. The number of carbonyl (C=O) groups excluding carboxylic acids is 1. The molecule has 2 rings (SSSR count). The summed E-state index contributed by atoms with van der Waals surface area (Å²) in [7, 11) is 0. The minimum Gasteiger partial charge on any atom is -0.446 e. The minimum atomic E-state index is -0.224. The highest BCUT2D eigenvalue weighted by Gasteiger charge is 2.19. The third-order valence-electron chi connectivity index (χ3n) is 4.11. The van der Waals surface area contributed by atoms with Crippen molar-refractivity contribution in [1.29, 1.82) is 0 Å². The highest BCUT2D eigenvalue weighted by molar-refractivity contribution is 5.92. The van der Waals surface area contributed by atoms with E-state index in [1.807, 2.05) is 0 Å². The smallest absolute Gasteiger partial charge is 0.273 e. The molecule has 118 valence electrons. The van der Waals surface area contributed by atoms with Crippen molar-refractivity contribution in [2.75, 3.05) is 0 Å². The van der Waals surface area contributed by atoms with E-state index >= 15 is 0 Å². The molecule has 0 aromatic carbocycles. The molecule has 5 nitrogen and oxygen atoms in total. The van der Waals surface area contributed by atoms with Crippen molar-refractivity contribution < 1.29 is 9.21 Å². The van der Waals surface area contributed by atoms with Gasteiger partial charge in [0.2, 0.25) is 5.89 Å². The maximum Gasteiger partial charge on any atom is 0.273 e. The topological polar surface area (TPSA) is 81.1 Å². The van der Waals surface area contributed by atoms with E-state index in [2.05, 4.69) is 17.2 Å². The number of nitrogens with zero attached hydrogens (tertiary/aromatic N) is 1. The van der Waals surface area contributed by atoms with Crippen LogP contribution in [0, 0.1) is 0 Å². The number of rotatable bonds is 5. The molecule has 1 aromatic rings. The van der Waals surface area contributed by atoms with Gasteiger partial charge in [0, 0.05) is 6.04 Å². The molecule has 1 fully saturated rings. The van der Waals surface area contributed by atoms with E-state index < -0.39 is 0 Å². The van der Waals surface area contributed by atoms with Crippen molar-refractivity contribution in [3.63, 3.8) is 0 Å². The Morgan fingerprint density at radius 2 is 2.05 bits per heavy atom. The van der Waals surface area contributed by atoms with Crippen molar-refractivity contribution >= 4 is 5.91 Å². The van der Waals surface area contributed by atoms with Crippen molar-refractivity contribution in [1.82, 2.24) is 10.3 Å². The number of aromatic nitrogens is 1. The molecule has 0 spiro atoms. The van der Waals surface area contributed by atoms with Gasteiger partial charge in [0.1, 0.15) is 6.26 Å². The molecule has 0 radical (unpaired) electrons. The molecule has 21 heavy (non-hydrogen) atoms. The average Bonchev–Trinajstić information content (AvgIpc) is 2.91. The number of oxazole rings is 1. The first-order valence-electron chi connectivity index (χ1n) is 8.22. The Bertz CT molecular complexity index is 436. The Labute approximate surface area is 126 Å². The van der Waals surface area contributed by atoms with Gasteiger partial charge >= 0.3 is 0 Å². The van der Waals surface area contributed by atoms with Crippen LogP contribution in [-0.2, 0) is 0 Å². The van der Waals surface area contributed by atoms with E-state index in [4.69, 9.17) is 10.2 Å². The van der Waals surface area contributed by atoms with Gasteiger partial charge in [-0.2, -0.15) is 0 Å². The molecule has 5 heteroatoms. The Kier molecular flexibility index (Phi) is 6.23. The predicted molar refractivity (Wildman–Crippen MR) is 81.9 cm³/mol. The van der Waals surface area contributed by atoms with Crippen molar-refractivity contribution in [2.24, 2.45) is 5.73 Å². The van der Waals surface area contributed by atoms with Crippen molar-refractivity contribution in [3.05, 3.63) is 17.8 Å². The normalized spacial score (nSPS) is 18.8. The Hall–Kier alpha value is -1.36. The van der Waals surface area contributed by atoms with Gasteiger partial charge in [0.05, 0.1) is 6.04 Å². The highest BCUT2D eigenvalue weighted by Crippen LogP contribution is 2.18. The lowest BCUT2D eigenvalue weighted by Crippen LogP contribution is -2.35. The fourth-order valence-corrected chi connectivity index (χ4v) is 2.86. The number of nitrogens with two attached hydrogens (primary N) is 1. The zero-order valence-corrected chi connectivity index (χ0v) is 12.9. The van der Waals surface area contributed by atoms with Crippen LogP contribution in [0.5, 0.6) is 0 Å². The lowest BCUT2D eigenvalue weighted by molar-refractivity contribution is 0.0925. The largest absolute Gasteiger partial charge is 0.446 e. The summed E-state index contributed by atoms with van der Waals surface area (Å²) in [6.45, 7) is 2.06. The molecule has 1 amide bonds. The van der Waals surface area contributed by atoms with Crippen molar-refractivity contribution in [2.45, 2.75) is 76.8 Å². The Morgan fingerprint density at radius 3 is 2.71 bits per heavy atom. The van der Waals surface area contributed by atoms with Crippen LogP contribution in [0.15, 0.2) is 10.7 Å². The summed E-state index contributed by atoms with van der Waals surface area (Å²) in [5.74, 6) is 0.318. The molecule has 0 aliphatic heterocycles. The number of hydrogen-bond donors (Lipinski definition) is 2. The Balaban J connectivity index is 1.90. The quantitative estimate of drug-likeness (QED) is 0.872. The maximum absolute atomic E-state index is 12.2.